The fourth-order valence-corrected chi connectivity index (χ4v) is 5.26. The lowest BCUT2D eigenvalue weighted by molar-refractivity contribution is -0.384. The standard InChI is InChI=1S/C16H19F3N2O5S/c1-15(2)13(10-6-7-26-14(10)15)20(3)11-5-4-9(8-12(11)21(22)23)27(24,25)16(17,18)19/h4-5,8,10,13-14H,6-7H2,1-3H3. The summed E-state index contributed by atoms with van der Waals surface area (Å²) < 4.78 is 67.2. The number of hydrogen-bond acceptors (Lipinski definition) is 6. The molecule has 1 aromatic carbocycles. The van der Waals surface area contributed by atoms with Gasteiger partial charge < -0.3 is 9.64 Å². The first-order valence-corrected chi connectivity index (χ1v) is 9.72. The topological polar surface area (TPSA) is 89.8 Å². The van der Waals surface area contributed by atoms with E-state index in [0.29, 0.717) is 12.7 Å². The van der Waals surface area contributed by atoms with Crippen LogP contribution in [0.1, 0.15) is 20.3 Å². The van der Waals surface area contributed by atoms with Crippen LogP contribution in [0.25, 0.3) is 0 Å². The molecule has 1 aliphatic carbocycles. The Morgan fingerprint density at radius 2 is 1.96 bits per heavy atom. The molecule has 1 saturated carbocycles. The van der Waals surface area contributed by atoms with Gasteiger partial charge in [-0.1, -0.05) is 13.8 Å². The second-order valence-electron chi connectivity index (χ2n) is 7.48. The fraction of sp³-hybridized carbons (Fsp3) is 0.625. The average Bonchev–Trinajstić information content (AvgIpc) is 2.99. The van der Waals surface area contributed by atoms with E-state index < -0.39 is 30.9 Å². The number of hydrogen-bond donors (Lipinski definition) is 0. The predicted molar refractivity (Wildman–Crippen MR) is 90.2 cm³/mol. The number of sulfone groups is 1. The molecule has 7 nitrogen and oxygen atoms in total. The molecule has 11 heteroatoms. The van der Waals surface area contributed by atoms with E-state index in [2.05, 4.69) is 0 Å². The number of nitro benzene ring substituents is 1. The first kappa shape index (κ1) is 19.9. The van der Waals surface area contributed by atoms with Gasteiger partial charge in [-0.2, -0.15) is 13.2 Å². The number of rotatable bonds is 4. The molecule has 0 N–H and O–H groups in total. The fourth-order valence-electron chi connectivity index (χ4n) is 4.48. The van der Waals surface area contributed by atoms with Gasteiger partial charge in [0.1, 0.15) is 5.69 Å². The molecule has 3 atom stereocenters. The zero-order valence-corrected chi connectivity index (χ0v) is 15.7. The highest BCUT2D eigenvalue weighted by Gasteiger charge is 2.61. The lowest BCUT2D eigenvalue weighted by atomic mass is 9.56. The molecule has 3 rings (SSSR count). The Morgan fingerprint density at radius 1 is 1.33 bits per heavy atom. The number of nitrogens with zero attached hydrogens (tertiary/aromatic N) is 2. The number of ether oxygens (including phenoxy) is 1. The minimum Gasteiger partial charge on any atom is -0.377 e. The van der Waals surface area contributed by atoms with E-state index in [1.165, 1.54) is 0 Å². The van der Waals surface area contributed by atoms with Crippen molar-refractivity contribution in [1.29, 1.82) is 0 Å². The van der Waals surface area contributed by atoms with Crippen LogP contribution in [0.2, 0.25) is 0 Å². The molecule has 0 spiro atoms. The zero-order valence-electron chi connectivity index (χ0n) is 14.9. The minimum absolute atomic E-state index is 0.0221. The zero-order chi connectivity index (χ0) is 20.4. The maximum atomic E-state index is 12.8. The SMILES string of the molecule is CN(c1ccc(S(=O)(=O)C(F)(F)F)cc1[N+](=O)[O-])C1C2CCOC2C1(C)C. The van der Waals surface area contributed by atoms with Gasteiger partial charge in [-0.25, -0.2) is 8.42 Å². The van der Waals surface area contributed by atoms with E-state index in [0.717, 1.165) is 18.6 Å². The van der Waals surface area contributed by atoms with Gasteiger partial charge in [0.2, 0.25) is 0 Å². The molecule has 0 radical (unpaired) electrons. The highest BCUT2D eigenvalue weighted by Crippen LogP contribution is 2.55. The van der Waals surface area contributed by atoms with Crippen LogP contribution >= 0.6 is 0 Å². The molecule has 0 bridgehead atoms. The lowest BCUT2D eigenvalue weighted by Gasteiger charge is -2.58. The summed E-state index contributed by atoms with van der Waals surface area (Å²) in [6, 6.07) is 2.18. The van der Waals surface area contributed by atoms with Crippen molar-refractivity contribution in [2.24, 2.45) is 11.3 Å². The van der Waals surface area contributed by atoms with Crippen molar-refractivity contribution in [2.75, 3.05) is 18.6 Å². The third-order valence-electron chi connectivity index (χ3n) is 5.59. The average molecular weight is 408 g/mol. The Bertz CT molecular complexity index is 885. The Morgan fingerprint density at radius 3 is 2.52 bits per heavy atom. The van der Waals surface area contributed by atoms with Crippen LogP contribution in [-0.2, 0) is 14.6 Å². The predicted octanol–water partition coefficient (Wildman–Crippen LogP) is 3.14. The van der Waals surface area contributed by atoms with E-state index in [-0.39, 0.29) is 29.2 Å². The summed E-state index contributed by atoms with van der Waals surface area (Å²) >= 11 is 0. The van der Waals surface area contributed by atoms with Gasteiger partial charge in [-0.05, 0) is 18.6 Å². The van der Waals surface area contributed by atoms with Crippen molar-refractivity contribution in [2.45, 2.75) is 42.8 Å². The quantitative estimate of drug-likeness (QED) is 0.562. The number of fused-ring (bicyclic) bond motifs is 1. The molecule has 1 saturated heterocycles. The monoisotopic (exact) mass is 408 g/mol. The second kappa shape index (κ2) is 6.06. The Kier molecular flexibility index (Phi) is 4.46. The summed E-state index contributed by atoms with van der Waals surface area (Å²) in [5.74, 6) is 0.156. The Labute approximate surface area is 154 Å². The maximum absolute atomic E-state index is 12.8. The Balaban J connectivity index is 2.03. The molecule has 27 heavy (non-hydrogen) atoms. The van der Waals surface area contributed by atoms with Gasteiger partial charge in [0.15, 0.2) is 0 Å². The summed E-state index contributed by atoms with van der Waals surface area (Å²) in [6.45, 7) is 4.53. The van der Waals surface area contributed by atoms with Gasteiger partial charge in [0, 0.05) is 37.1 Å². The van der Waals surface area contributed by atoms with Crippen LogP contribution in [0.4, 0.5) is 24.5 Å². The van der Waals surface area contributed by atoms with Crippen molar-refractivity contribution < 1.29 is 31.2 Å². The first-order chi connectivity index (χ1) is 12.3. The molecule has 1 heterocycles. The number of nitro groups is 1. The largest absolute Gasteiger partial charge is 0.501 e. The van der Waals surface area contributed by atoms with Crippen LogP contribution in [0, 0.1) is 21.4 Å². The third-order valence-corrected chi connectivity index (χ3v) is 7.08. The number of benzene rings is 1. The van der Waals surface area contributed by atoms with Gasteiger partial charge in [0.05, 0.1) is 15.9 Å². The van der Waals surface area contributed by atoms with Gasteiger partial charge in [-0.15, -0.1) is 0 Å². The molecule has 150 valence electrons. The van der Waals surface area contributed by atoms with E-state index in [9.17, 15) is 31.7 Å². The molecule has 2 fully saturated rings. The number of halogens is 3. The lowest BCUT2D eigenvalue weighted by Crippen LogP contribution is -2.66. The second-order valence-corrected chi connectivity index (χ2v) is 9.42. The van der Waals surface area contributed by atoms with E-state index in [1.54, 1.807) is 11.9 Å². The van der Waals surface area contributed by atoms with Crippen molar-refractivity contribution in [3.63, 3.8) is 0 Å². The minimum atomic E-state index is -5.67. The summed E-state index contributed by atoms with van der Waals surface area (Å²) in [5, 5.41) is 11.5. The highest BCUT2D eigenvalue weighted by atomic mass is 32.2. The molecule has 2 aliphatic rings. The van der Waals surface area contributed by atoms with Gasteiger partial charge in [0.25, 0.3) is 15.5 Å². The van der Waals surface area contributed by atoms with Crippen LogP contribution in [-0.4, -0.2) is 44.6 Å². The Hall–Kier alpha value is -1.88. The van der Waals surface area contributed by atoms with Crippen LogP contribution in [0.15, 0.2) is 23.1 Å². The van der Waals surface area contributed by atoms with Crippen molar-refractivity contribution in [1.82, 2.24) is 0 Å². The maximum Gasteiger partial charge on any atom is 0.501 e. The molecule has 0 aromatic heterocycles. The van der Waals surface area contributed by atoms with Crippen LogP contribution in [0.5, 0.6) is 0 Å². The normalized spacial score (nSPS) is 27.0. The van der Waals surface area contributed by atoms with Crippen LogP contribution < -0.4 is 4.90 Å². The van der Waals surface area contributed by atoms with Crippen LogP contribution in [0.3, 0.4) is 0 Å². The summed E-state index contributed by atoms with van der Waals surface area (Å²) in [7, 11) is -4.04. The van der Waals surface area contributed by atoms with Crippen molar-refractivity contribution in [3.8, 4) is 0 Å². The van der Waals surface area contributed by atoms with Gasteiger partial charge >= 0.3 is 5.51 Å². The van der Waals surface area contributed by atoms with Crippen molar-refractivity contribution in [3.05, 3.63) is 28.3 Å². The number of alkyl halides is 3. The summed E-state index contributed by atoms with van der Waals surface area (Å²) in [6.07, 6.45) is 0.811. The molecule has 1 aliphatic heterocycles. The highest BCUT2D eigenvalue weighted by molar-refractivity contribution is 7.92. The molecular weight excluding hydrogens is 389 g/mol. The molecular formula is C16H19F3N2O5S. The van der Waals surface area contributed by atoms with E-state index in [1.807, 2.05) is 13.8 Å². The van der Waals surface area contributed by atoms with E-state index in [4.69, 9.17) is 4.74 Å². The molecule has 3 unspecified atom stereocenters. The molecule has 0 amide bonds. The third kappa shape index (κ3) is 2.87. The number of anilines is 1. The van der Waals surface area contributed by atoms with E-state index >= 15 is 0 Å². The molecule has 1 aromatic rings. The smallest absolute Gasteiger partial charge is 0.377 e. The van der Waals surface area contributed by atoms with Gasteiger partial charge in [-0.3, -0.25) is 10.1 Å². The first-order valence-electron chi connectivity index (χ1n) is 8.24. The van der Waals surface area contributed by atoms with Crippen molar-refractivity contribution >= 4 is 21.2 Å². The summed E-state index contributed by atoms with van der Waals surface area (Å²) in [4.78, 5) is 11.1. The summed E-state index contributed by atoms with van der Waals surface area (Å²) in [5.41, 5.74) is -6.44.